The molecule has 1 atom stereocenters. The molecule has 0 unspecified atom stereocenters. The Bertz CT molecular complexity index is 821. The second kappa shape index (κ2) is 8.40. The second-order valence-corrected chi connectivity index (χ2v) is 9.06. The molecule has 30 heavy (non-hydrogen) atoms. The Kier molecular flexibility index (Phi) is 5.84. The van der Waals surface area contributed by atoms with Crippen LogP contribution in [0.4, 0.5) is 0 Å². The van der Waals surface area contributed by atoms with Crippen LogP contribution >= 0.6 is 0 Å². The predicted molar refractivity (Wildman–Crippen MR) is 112 cm³/mol. The first-order valence-corrected chi connectivity index (χ1v) is 11.4. The summed E-state index contributed by atoms with van der Waals surface area (Å²) < 4.78 is 1.56. The highest BCUT2D eigenvalue weighted by molar-refractivity contribution is 6.01. The van der Waals surface area contributed by atoms with E-state index in [9.17, 15) is 14.4 Å². The molecule has 8 heteroatoms. The molecule has 3 heterocycles. The van der Waals surface area contributed by atoms with Gasteiger partial charge in [-0.25, -0.2) is 0 Å². The molecule has 1 saturated carbocycles. The Balaban J connectivity index is 1.58. The third-order valence-electron chi connectivity index (χ3n) is 6.91. The standard InChI is InChI=1S/C22H33N5O3/c1-3-26-20(29)18-14-17(19(28)25-12-8-4-5-9-13-25)24-27(18)15-22(26,2)21(30)23-16-10-6-7-11-16/h14,16H,3-13,15H2,1-2H3,(H,23,30)/t22-/m0/s1. The molecule has 1 aromatic heterocycles. The highest BCUT2D eigenvalue weighted by atomic mass is 16.2. The normalized spacial score (nSPS) is 25.2. The number of hydrogen-bond acceptors (Lipinski definition) is 4. The summed E-state index contributed by atoms with van der Waals surface area (Å²) in [5.74, 6) is -0.492. The predicted octanol–water partition coefficient (Wildman–Crippen LogP) is 2.19. The molecule has 0 aromatic carbocycles. The van der Waals surface area contributed by atoms with E-state index in [1.807, 2.05) is 11.8 Å². The van der Waals surface area contributed by atoms with E-state index >= 15 is 0 Å². The molecule has 3 aliphatic rings. The van der Waals surface area contributed by atoms with E-state index in [4.69, 9.17) is 0 Å². The van der Waals surface area contributed by atoms with Gasteiger partial charge >= 0.3 is 0 Å². The molecule has 3 amide bonds. The summed E-state index contributed by atoms with van der Waals surface area (Å²) >= 11 is 0. The number of nitrogens with zero attached hydrogens (tertiary/aromatic N) is 4. The van der Waals surface area contributed by atoms with Crippen LogP contribution < -0.4 is 5.32 Å². The maximum atomic E-state index is 13.2. The maximum Gasteiger partial charge on any atom is 0.274 e. The molecule has 1 saturated heterocycles. The Morgan fingerprint density at radius 3 is 2.43 bits per heavy atom. The lowest BCUT2D eigenvalue weighted by Crippen LogP contribution is -2.64. The molecule has 164 valence electrons. The minimum Gasteiger partial charge on any atom is -0.351 e. The van der Waals surface area contributed by atoms with Crippen molar-refractivity contribution in [3.63, 3.8) is 0 Å². The van der Waals surface area contributed by atoms with Crippen molar-refractivity contribution in [2.75, 3.05) is 19.6 Å². The van der Waals surface area contributed by atoms with Gasteiger partial charge in [-0.2, -0.15) is 5.10 Å². The zero-order valence-electron chi connectivity index (χ0n) is 18.2. The van der Waals surface area contributed by atoms with E-state index in [0.717, 1.165) is 64.5 Å². The largest absolute Gasteiger partial charge is 0.351 e. The molecule has 1 aliphatic carbocycles. The molecule has 1 aromatic rings. The topological polar surface area (TPSA) is 87.5 Å². The van der Waals surface area contributed by atoms with Crippen molar-refractivity contribution in [1.82, 2.24) is 24.9 Å². The average molecular weight is 416 g/mol. The van der Waals surface area contributed by atoms with Crippen LogP contribution in [0.3, 0.4) is 0 Å². The fraction of sp³-hybridized carbons (Fsp3) is 0.727. The van der Waals surface area contributed by atoms with E-state index < -0.39 is 5.54 Å². The number of likely N-dealkylation sites (N-methyl/N-ethyl adjacent to an activating group) is 1. The molecular formula is C22H33N5O3. The first kappa shape index (κ1) is 20.9. The van der Waals surface area contributed by atoms with Gasteiger partial charge in [0.2, 0.25) is 5.91 Å². The van der Waals surface area contributed by atoms with Gasteiger partial charge in [0.05, 0.1) is 6.54 Å². The lowest BCUT2D eigenvalue weighted by atomic mass is 9.94. The summed E-state index contributed by atoms with van der Waals surface area (Å²) in [5.41, 5.74) is -0.325. The zero-order valence-corrected chi connectivity index (χ0v) is 18.2. The summed E-state index contributed by atoms with van der Waals surface area (Å²) in [6, 6.07) is 1.79. The van der Waals surface area contributed by atoms with Crippen molar-refractivity contribution in [1.29, 1.82) is 0 Å². The molecule has 2 fully saturated rings. The Hall–Kier alpha value is -2.38. The lowest BCUT2D eigenvalue weighted by molar-refractivity contribution is -0.133. The van der Waals surface area contributed by atoms with Gasteiger partial charge in [-0.05, 0) is 39.5 Å². The van der Waals surface area contributed by atoms with Crippen molar-refractivity contribution in [2.24, 2.45) is 0 Å². The van der Waals surface area contributed by atoms with Crippen LogP contribution in [0.2, 0.25) is 0 Å². The smallest absolute Gasteiger partial charge is 0.274 e. The molecule has 8 nitrogen and oxygen atoms in total. The van der Waals surface area contributed by atoms with Crippen molar-refractivity contribution in [2.45, 2.75) is 83.3 Å². The van der Waals surface area contributed by atoms with E-state index in [1.165, 1.54) is 0 Å². The van der Waals surface area contributed by atoms with Crippen LogP contribution in [0.25, 0.3) is 0 Å². The number of fused-ring (bicyclic) bond motifs is 1. The fourth-order valence-electron chi connectivity index (χ4n) is 5.09. The van der Waals surface area contributed by atoms with E-state index in [2.05, 4.69) is 10.4 Å². The quantitative estimate of drug-likeness (QED) is 0.817. The molecule has 0 radical (unpaired) electrons. The van der Waals surface area contributed by atoms with Gasteiger partial charge in [-0.15, -0.1) is 0 Å². The van der Waals surface area contributed by atoms with E-state index in [-0.39, 0.29) is 30.3 Å². The molecule has 0 bridgehead atoms. The number of nitrogens with one attached hydrogen (secondary N) is 1. The SMILES string of the molecule is CCN1C(=O)c2cc(C(=O)N3CCCCCC3)nn2C[C@@]1(C)C(=O)NC1CCCC1. The van der Waals surface area contributed by atoms with Gasteiger partial charge < -0.3 is 15.1 Å². The van der Waals surface area contributed by atoms with Crippen LogP contribution in [0.15, 0.2) is 6.07 Å². The highest BCUT2D eigenvalue weighted by Gasteiger charge is 2.48. The summed E-state index contributed by atoms with van der Waals surface area (Å²) in [6.07, 6.45) is 8.52. The van der Waals surface area contributed by atoms with Crippen LogP contribution in [-0.4, -0.2) is 68.5 Å². The summed E-state index contributed by atoms with van der Waals surface area (Å²) in [6.45, 7) is 5.84. The van der Waals surface area contributed by atoms with Crippen LogP contribution in [0, 0.1) is 0 Å². The van der Waals surface area contributed by atoms with Gasteiger partial charge in [0.25, 0.3) is 11.8 Å². The number of rotatable bonds is 4. The van der Waals surface area contributed by atoms with Crippen LogP contribution in [-0.2, 0) is 11.3 Å². The summed E-state index contributed by atoms with van der Waals surface area (Å²) in [7, 11) is 0. The summed E-state index contributed by atoms with van der Waals surface area (Å²) in [5, 5.41) is 7.63. The second-order valence-electron chi connectivity index (χ2n) is 9.06. The van der Waals surface area contributed by atoms with Crippen molar-refractivity contribution in [3.8, 4) is 0 Å². The first-order valence-electron chi connectivity index (χ1n) is 11.4. The monoisotopic (exact) mass is 415 g/mol. The zero-order chi connectivity index (χ0) is 21.3. The van der Waals surface area contributed by atoms with E-state index in [1.54, 1.807) is 22.6 Å². The van der Waals surface area contributed by atoms with Crippen molar-refractivity contribution in [3.05, 3.63) is 17.5 Å². The van der Waals surface area contributed by atoms with Crippen molar-refractivity contribution >= 4 is 17.7 Å². The minimum atomic E-state index is -1.02. The van der Waals surface area contributed by atoms with Crippen LogP contribution in [0.5, 0.6) is 0 Å². The average Bonchev–Trinajstić information content (AvgIpc) is 3.30. The Labute approximate surface area is 178 Å². The molecule has 4 rings (SSSR count). The summed E-state index contributed by atoms with van der Waals surface area (Å²) in [4.78, 5) is 42.9. The lowest BCUT2D eigenvalue weighted by Gasteiger charge is -2.43. The number of hydrogen-bond donors (Lipinski definition) is 1. The van der Waals surface area contributed by atoms with Crippen molar-refractivity contribution < 1.29 is 14.4 Å². The van der Waals surface area contributed by atoms with Gasteiger partial charge in [-0.1, -0.05) is 25.7 Å². The van der Waals surface area contributed by atoms with Gasteiger partial charge in [0, 0.05) is 31.7 Å². The van der Waals surface area contributed by atoms with Gasteiger partial charge in [-0.3, -0.25) is 19.1 Å². The Morgan fingerprint density at radius 1 is 1.13 bits per heavy atom. The minimum absolute atomic E-state index is 0.119. The van der Waals surface area contributed by atoms with E-state index in [0.29, 0.717) is 17.9 Å². The van der Waals surface area contributed by atoms with Gasteiger partial charge in [0.1, 0.15) is 11.2 Å². The maximum absolute atomic E-state index is 13.2. The first-order chi connectivity index (χ1) is 14.4. The fourth-order valence-corrected chi connectivity index (χ4v) is 5.09. The number of carbonyl (C=O) groups is 3. The molecular weight excluding hydrogens is 382 g/mol. The molecule has 1 N–H and O–H groups in total. The number of carbonyl (C=O) groups excluding carboxylic acids is 3. The number of amides is 3. The van der Waals surface area contributed by atoms with Crippen LogP contribution in [0.1, 0.15) is 86.2 Å². The molecule has 2 aliphatic heterocycles. The highest BCUT2D eigenvalue weighted by Crippen LogP contribution is 2.29. The molecule has 0 spiro atoms. The third-order valence-corrected chi connectivity index (χ3v) is 6.91. The number of likely N-dealkylation sites (tertiary alicyclic amines) is 1. The number of aromatic nitrogens is 2. The Morgan fingerprint density at radius 2 is 1.80 bits per heavy atom. The van der Waals surface area contributed by atoms with Gasteiger partial charge in [0.15, 0.2) is 5.69 Å². The third kappa shape index (κ3) is 3.72.